The predicted molar refractivity (Wildman–Crippen MR) is 95.1 cm³/mol. The van der Waals surface area contributed by atoms with Crippen LogP contribution in [0.1, 0.15) is 45.8 Å². The maximum atomic E-state index is 12.4. The molecule has 6 heteroatoms. The van der Waals surface area contributed by atoms with Gasteiger partial charge in [-0.05, 0) is 36.6 Å². The molecule has 0 aliphatic rings. The minimum Gasteiger partial charge on any atom is -0.352 e. The zero-order valence-corrected chi connectivity index (χ0v) is 14.7. The molecule has 0 fully saturated rings. The number of amides is 2. The van der Waals surface area contributed by atoms with Crippen LogP contribution in [0.3, 0.4) is 0 Å². The lowest BCUT2D eigenvalue weighted by Crippen LogP contribution is -2.19. The highest BCUT2D eigenvalue weighted by Gasteiger charge is 2.17. The van der Waals surface area contributed by atoms with Gasteiger partial charge in [0.1, 0.15) is 11.1 Å². The van der Waals surface area contributed by atoms with Gasteiger partial charge < -0.3 is 10.6 Å². The number of carbonyl (C=O) groups is 2. The number of nitrogens with one attached hydrogen (secondary N) is 2. The number of nitrogens with zero attached hydrogens (tertiary/aromatic N) is 1. The molecule has 0 atom stereocenters. The van der Waals surface area contributed by atoms with Gasteiger partial charge in [0.25, 0.3) is 5.91 Å². The summed E-state index contributed by atoms with van der Waals surface area (Å²) < 4.78 is 0. The first kappa shape index (κ1) is 17.7. The Morgan fingerprint density at radius 2 is 1.92 bits per heavy atom. The highest BCUT2D eigenvalue weighted by atomic mass is 32.1. The van der Waals surface area contributed by atoms with Crippen LogP contribution in [0.4, 0.5) is 5.00 Å². The van der Waals surface area contributed by atoms with Gasteiger partial charge in [0.2, 0.25) is 5.91 Å². The zero-order valence-electron chi connectivity index (χ0n) is 13.9. The van der Waals surface area contributed by atoms with Crippen LogP contribution in [-0.2, 0) is 17.8 Å². The molecule has 0 spiro atoms. The molecule has 5 nitrogen and oxygen atoms in total. The highest BCUT2D eigenvalue weighted by Crippen LogP contribution is 2.33. The number of aryl methyl sites for hydroxylation is 1. The Morgan fingerprint density at radius 3 is 2.46 bits per heavy atom. The van der Waals surface area contributed by atoms with Crippen molar-refractivity contribution in [2.45, 2.75) is 33.7 Å². The Kier molecular flexibility index (Phi) is 5.72. The van der Waals surface area contributed by atoms with Crippen molar-refractivity contribution in [1.82, 2.24) is 5.32 Å². The van der Waals surface area contributed by atoms with Gasteiger partial charge in [-0.2, -0.15) is 5.26 Å². The van der Waals surface area contributed by atoms with Crippen molar-refractivity contribution in [3.63, 3.8) is 0 Å². The van der Waals surface area contributed by atoms with Crippen LogP contribution < -0.4 is 10.6 Å². The van der Waals surface area contributed by atoms with Crippen molar-refractivity contribution in [2.75, 3.05) is 5.32 Å². The summed E-state index contributed by atoms with van der Waals surface area (Å²) in [5.41, 5.74) is 2.97. The van der Waals surface area contributed by atoms with Crippen molar-refractivity contribution >= 4 is 28.2 Å². The second-order valence-corrected chi connectivity index (χ2v) is 6.59. The van der Waals surface area contributed by atoms with Crippen molar-refractivity contribution in [1.29, 1.82) is 5.26 Å². The largest absolute Gasteiger partial charge is 0.352 e. The van der Waals surface area contributed by atoms with Crippen molar-refractivity contribution in [2.24, 2.45) is 0 Å². The van der Waals surface area contributed by atoms with Crippen LogP contribution >= 0.6 is 11.3 Å². The maximum Gasteiger partial charge on any atom is 0.256 e. The molecule has 2 aromatic rings. The van der Waals surface area contributed by atoms with Gasteiger partial charge in [0.05, 0.1) is 5.56 Å². The average molecular weight is 341 g/mol. The van der Waals surface area contributed by atoms with Gasteiger partial charge in [0, 0.05) is 23.9 Å². The summed E-state index contributed by atoms with van der Waals surface area (Å²) in [5.74, 6) is -0.345. The molecular weight excluding hydrogens is 322 g/mol. The SMILES string of the molecule is CCc1c(C)sc(NC(=O)c2ccc(CNC(C)=O)cc2)c1C#N. The second kappa shape index (κ2) is 7.75. The third kappa shape index (κ3) is 4.00. The summed E-state index contributed by atoms with van der Waals surface area (Å²) >= 11 is 1.43. The number of hydrogen-bond donors (Lipinski definition) is 2. The summed E-state index contributed by atoms with van der Waals surface area (Å²) in [5, 5.41) is 15.5. The number of thiophene rings is 1. The Hall–Kier alpha value is -2.65. The van der Waals surface area contributed by atoms with E-state index in [1.165, 1.54) is 18.3 Å². The minimum atomic E-state index is -0.249. The van der Waals surface area contributed by atoms with Gasteiger partial charge in [-0.25, -0.2) is 0 Å². The lowest BCUT2D eigenvalue weighted by atomic mass is 10.1. The fourth-order valence-electron chi connectivity index (χ4n) is 2.39. The van der Waals surface area contributed by atoms with Crippen LogP contribution in [0.2, 0.25) is 0 Å². The van der Waals surface area contributed by atoms with Crippen LogP contribution in [-0.4, -0.2) is 11.8 Å². The number of anilines is 1. The van der Waals surface area contributed by atoms with Crippen molar-refractivity contribution in [3.8, 4) is 6.07 Å². The van der Waals surface area contributed by atoms with Gasteiger partial charge in [-0.1, -0.05) is 19.1 Å². The molecule has 0 radical (unpaired) electrons. The van der Waals surface area contributed by atoms with E-state index in [9.17, 15) is 14.9 Å². The topological polar surface area (TPSA) is 82.0 Å². The molecule has 1 aromatic heterocycles. The monoisotopic (exact) mass is 341 g/mol. The molecule has 0 aliphatic carbocycles. The van der Waals surface area contributed by atoms with Gasteiger partial charge in [0.15, 0.2) is 0 Å². The third-order valence-electron chi connectivity index (χ3n) is 3.66. The average Bonchev–Trinajstić information content (AvgIpc) is 2.87. The summed E-state index contributed by atoms with van der Waals surface area (Å²) in [6, 6.07) is 9.20. The molecule has 1 aromatic carbocycles. The molecular formula is C18H19N3O2S. The van der Waals surface area contributed by atoms with E-state index in [4.69, 9.17) is 0 Å². The summed E-state index contributed by atoms with van der Waals surface area (Å²) in [6.07, 6.45) is 0.763. The lowest BCUT2D eigenvalue weighted by molar-refractivity contribution is -0.119. The summed E-state index contributed by atoms with van der Waals surface area (Å²) in [6.45, 7) is 5.84. The maximum absolute atomic E-state index is 12.4. The number of hydrogen-bond acceptors (Lipinski definition) is 4. The minimum absolute atomic E-state index is 0.0966. The molecule has 2 N–H and O–H groups in total. The first-order chi connectivity index (χ1) is 11.5. The van der Waals surface area contributed by atoms with Gasteiger partial charge in [-0.3, -0.25) is 9.59 Å². The van der Waals surface area contributed by atoms with Gasteiger partial charge in [-0.15, -0.1) is 11.3 Å². The quantitative estimate of drug-likeness (QED) is 0.874. The number of rotatable bonds is 5. The van der Waals surface area contributed by atoms with E-state index in [1.807, 2.05) is 13.8 Å². The molecule has 0 unspecified atom stereocenters. The molecule has 1 heterocycles. The molecule has 0 aliphatic heterocycles. The first-order valence-corrected chi connectivity index (χ1v) is 8.45. The smallest absolute Gasteiger partial charge is 0.256 e. The van der Waals surface area contributed by atoms with Crippen LogP contribution in [0.5, 0.6) is 0 Å². The van der Waals surface area contributed by atoms with Gasteiger partial charge >= 0.3 is 0 Å². The Labute approximate surface area is 145 Å². The Morgan fingerprint density at radius 1 is 1.25 bits per heavy atom. The Balaban J connectivity index is 2.13. The van der Waals surface area contributed by atoms with E-state index in [-0.39, 0.29) is 11.8 Å². The van der Waals surface area contributed by atoms with E-state index in [0.29, 0.717) is 22.7 Å². The molecule has 0 saturated heterocycles. The van der Waals surface area contributed by atoms with Crippen molar-refractivity contribution in [3.05, 3.63) is 51.4 Å². The predicted octanol–water partition coefficient (Wildman–Crippen LogP) is 3.38. The van der Waals surface area contributed by atoms with Crippen LogP contribution in [0, 0.1) is 18.3 Å². The molecule has 0 bridgehead atoms. The third-order valence-corrected chi connectivity index (χ3v) is 4.72. The first-order valence-electron chi connectivity index (χ1n) is 7.63. The molecule has 124 valence electrons. The van der Waals surface area contributed by atoms with E-state index in [2.05, 4.69) is 16.7 Å². The van der Waals surface area contributed by atoms with Crippen LogP contribution in [0.15, 0.2) is 24.3 Å². The second-order valence-electron chi connectivity index (χ2n) is 5.37. The summed E-state index contributed by atoms with van der Waals surface area (Å²) in [7, 11) is 0. The number of nitriles is 1. The van der Waals surface area contributed by atoms with Crippen LogP contribution in [0.25, 0.3) is 0 Å². The molecule has 0 saturated carbocycles. The normalized spacial score (nSPS) is 10.1. The number of benzene rings is 1. The zero-order chi connectivity index (χ0) is 17.7. The molecule has 24 heavy (non-hydrogen) atoms. The fraction of sp³-hybridized carbons (Fsp3) is 0.278. The highest BCUT2D eigenvalue weighted by molar-refractivity contribution is 7.16. The standard InChI is InChI=1S/C18H19N3O2S/c1-4-15-11(2)24-18(16(15)9-19)21-17(23)14-7-5-13(6-8-14)10-20-12(3)22/h5-8H,4,10H2,1-3H3,(H,20,22)(H,21,23). The lowest BCUT2D eigenvalue weighted by Gasteiger charge is -2.06. The fourth-order valence-corrected chi connectivity index (χ4v) is 3.48. The van der Waals surface area contributed by atoms with E-state index >= 15 is 0 Å². The molecule has 2 rings (SSSR count). The number of carbonyl (C=O) groups excluding carboxylic acids is 2. The van der Waals surface area contributed by atoms with E-state index in [1.54, 1.807) is 24.3 Å². The van der Waals surface area contributed by atoms with E-state index < -0.39 is 0 Å². The Bertz CT molecular complexity index is 801. The van der Waals surface area contributed by atoms with E-state index in [0.717, 1.165) is 22.4 Å². The summed E-state index contributed by atoms with van der Waals surface area (Å²) in [4.78, 5) is 24.3. The molecule has 2 amide bonds. The van der Waals surface area contributed by atoms with Crippen molar-refractivity contribution < 1.29 is 9.59 Å².